The molecule has 1 aromatic carbocycles. The number of hydrogen-bond donors (Lipinski definition) is 1. The van der Waals surface area contributed by atoms with E-state index in [1.807, 2.05) is 37.3 Å². The van der Waals surface area contributed by atoms with Gasteiger partial charge < -0.3 is 14.8 Å². The number of carbonyl (C=O) groups is 2. The van der Waals surface area contributed by atoms with Crippen LogP contribution >= 0.6 is 0 Å². The molecule has 0 saturated carbocycles. The van der Waals surface area contributed by atoms with Gasteiger partial charge in [-0.1, -0.05) is 25.1 Å². The van der Waals surface area contributed by atoms with E-state index < -0.39 is 0 Å². The quantitative estimate of drug-likeness (QED) is 0.589. The van der Waals surface area contributed by atoms with E-state index >= 15 is 0 Å². The average molecular weight is 342 g/mol. The molecule has 132 valence electrons. The van der Waals surface area contributed by atoms with E-state index in [0.29, 0.717) is 12.5 Å². The minimum atomic E-state index is -0.363. The maximum absolute atomic E-state index is 11.9. The summed E-state index contributed by atoms with van der Waals surface area (Å²) in [5.74, 6) is -0.157. The van der Waals surface area contributed by atoms with Crippen molar-refractivity contribution in [3.63, 3.8) is 0 Å². The highest BCUT2D eigenvalue weighted by Crippen LogP contribution is 2.23. The lowest BCUT2D eigenvalue weighted by Gasteiger charge is -2.09. The minimum Gasteiger partial charge on any atom is -0.477 e. The second-order valence-corrected chi connectivity index (χ2v) is 5.37. The number of esters is 1. The Morgan fingerprint density at radius 3 is 2.84 bits per heavy atom. The Labute approximate surface area is 146 Å². The Balaban J connectivity index is 2.11. The van der Waals surface area contributed by atoms with Crippen molar-refractivity contribution >= 4 is 28.9 Å². The van der Waals surface area contributed by atoms with Gasteiger partial charge in [0.15, 0.2) is 0 Å². The van der Waals surface area contributed by atoms with E-state index in [9.17, 15) is 9.59 Å². The van der Waals surface area contributed by atoms with Crippen molar-refractivity contribution in [2.45, 2.75) is 19.8 Å². The van der Waals surface area contributed by atoms with Crippen molar-refractivity contribution in [1.82, 2.24) is 10.3 Å². The summed E-state index contributed by atoms with van der Waals surface area (Å²) in [6.07, 6.45) is 4.07. The predicted molar refractivity (Wildman–Crippen MR) is 96.2 cm³/mol. The topological polar surface area (TPSA) is 77.5 Å². The highest BCUT2D eigenvalue weighted by molar-refractivity contribution is 5.93. The van der Waals surface area contributed by atoms with Gasteiger partial charge in [0.05, 0.1) is 25.7 Å². The van der Waals surface area contributed by atoms with Crippen molar-refractivity contribution in [1.29, 1.82) is 0 Å². The molecule has 6 heteroatoms. The number of amides is 1. The van der Waals surface area contributed by atoms with Crippen LogP contribution in [-0.2, 0) is 14.3 Å². The van der Waals surface area contributed by atoms with Crippen LogP contribution in [0.4, 0.5) is 0 Å². The lowest BCUT2D eigenvalue weighted by molar-refractivity contribution is -0.140. The number of carbonyl (C=O) groups excluding carboxylic acids is 2. The maximum Gasteiger partial charge on any atom is 0.307 e. The van der Waals surface area contributed by atoms with E-state index in [1.165, 1.54) is 13.2 Å². The summed E-state index contributed by atoms with van der Waals surface area (Å²) < 4.78 is 10.2. The van der Waals surface area contributed by atoms with Gasteiger partial charge in [-0.2, -0.15) is 0 Å². The van der Waals surface area contributed by atoms with E-state index in [4.69, 9.17) is 4.74 Å². The Bertz CT molecular complexity index is 771. The van der Waals surface area contributed by atoms with Crippen molar-refractivity contribution in [3.8, 4) is 5.88 Å². The van der Waals surface area contributed by atoms with Crippen LogP contribution in [0.25, 0.3) is 17.0 Å². The van der Waals surface area contributed by atoms with Crippen molar-refractivity contribution in [3.05, 3.63) is 42.0 Å². The fourth-order valence-corrected chi connectivity index (χ4v) is 2.16. The number of ether oxygens (including phenoxy) is 2. The van der Waals surface area contributed by atoms with Crippen LogP contribution in [-0.4, -0.2) is 37.1 Å². The standard InChI is InChI=1S/C19H22N2O4/c1-3-12-25-19-15(13-14-6-4-5-7-16(14)21-19)8-9-17(22)20-11-10-18(23)24-2/h4-9,13H,3,10-12H2,1-2H3,(H,20,22). The van der Waals surface area contributed by atoms with Crippen LogP contribution in [0.5, 0.6) is 5.88 Å². The van der Waals surface area contributed by atoms with Gasteiger partial charge in [-0.25, -0.2) is 4.98 Å². The number of methoxy groups -OCH3 is 1. The highest BCUT2D eigenvalue weighted by Gasteiger charge is 2.07. The number of para-hydroxylation sites is 1. The number of benzene rings is 1. The lowest BCUT2D eigenvalue weighted by Crippen LogP contribution is -2.24. The summed E-state index contributed by atoms with van der Waals surface area (Å²) in [4.78, 5) is 27.4. The first-order valence-electron chi connectivity index (χ1n) is 8.19. The molecule has 2 aromatic rings. The Kier molecular flexibility index (Phi) is 6.95. The van der Waals surface area contributed by atoms with Crippen molar-refractivity contribution in [2.24, 2.45) is 0 Å². The molecular formula is C19H22N2O4. The zero-order chi connectivity index (χ0) is 18.1. The summed E-state index contributed by atoms with van der Waals surface area (Å²) in [6, 6.07) is 9.67. The van der Waals surface area contributed by atoms with Gasteiger partial charge in [-0.15, -0.1) is 0 Å². The summed E-state index contributed by atoms with van der Waals surface area (Å²) >= 11 is 0. The SMILES string of the molecule is CCCOc1nc2ccccc2cc1C=CC(=O)NCCC(=O)OC. The maximum atomic E-state index is 11.9. The third-order valence-corrected chi connectivity index (χ3v) is 3.43. The number of rotatable bonds is 8. The van der Waals surface area contributed by atoms with E-state index in [-0.39, 0.29) is 24.8 Å². The Morgan fingerprint density at radius 1 is 1.28 bits per heavy atom. The van der Waals surface area contributed by atoms with E-state index in [0.717, 1.165) is 22.9 Å². The molecule has 0 atom stereocenters. The molecule has 1 aromatic heterocycles. The number of hydrogen-bond acceptors (Lipinski definition) is 5. The Hall–Kier alpha value is -2.89. The zero-order valence-corrected chi connectivity index (χ0v) is 14.5. The number of pyridine rings is 1. The molecule has 6 nitrogen and oxygen atoms in total. The minimum absolute atomic E-state index is 0.137. The molecule has 0 aliphatic rings. The number of nitrogens with zero attached hydrogens (tertiary/aromatic N) is 1. The predicted octanol–water partition coefficient (Wildman–Crippen LogP) is 2.72. The zero-order valence-electron chi connectivity index (χ0n) is 14.5. The van der Waals surface area contributed by atoms with Crippen LogP contribution in [0.3, 0.4) is 0 Å². The van der Waals surface area contributed by atoms with Gasteiger partial charge in [-0.3, -0.25) is 9.59 Å². The van der Waals surface area contributed by atoms with Gasteiger partial charge in [0.1, 0.15) is 0 Å². The van der Waals surface area contributed by atoms with Crippen LogP contribution < -0.4 is 10.1 Å². The normalized spacial score (nSPS) is 10.8. The molecule has 0 aliphatic carbocycles. The molecule has 1 amide bonds. The van der Waals surface area contributed by atoms with Crippen molar-refractivity contribution in [2.75, 3.05) is 20.3 Å². The second kappa shape index (κ2) is 9.42. The van der Waals surface area contributed by atoms with Crippen molar-refractivity contribution < 1.29 is 19.1 Å². The molecule has 2 rings (SSSR count). The third kappa shape index (κ3) is 5.60. The molecule has 0 bridgehead atoms. The number of nitrogens with one attached hydrogen (secondary N) is 1. The third-order valence-electron chi connectivity index (χ3n) is 3.43. The van der Waals surface area contributed by atoms with E-state index in [2.05, 4.69) is 15.0 Å². The summed E-state index contributed by atoms with van der Waals surface area (Å²) in [6.45, 7) is 2.80. The van der Waals surface area contributed by atoms with E-state index in [1.54, 1.807) is 6.08 Å². The molecule has 1 heterocycles. The number of aromatic nitrogens is 1. The fraction of sp³-hybridized carbons (Fsp3) is 0.316. The van der Waals surface area contributed by atoms with Gasteiger partial charge in [0.2, 0.25) is 11.8 Å². The smallest absolute Gasteiger partial charge is 0.307 e. The molecule has 0 spiro atoms. The lowest BCUT2D eigenvalue weighted by atomic mass is 10.1. The first-order valence-corrected chi connectivity index (χ1v) is 8.19. The molecule has 0 radical (unpaired) electrons. The largest absolute Gasteiger partial charge is 0.477 e. The second-order valence-electron chi connectivity index (χ2n) is 5.37. The van der Waals surface area contributed by atoms with Gasteiger partial charge in [0.25, 0.3) is 0 Å². The summed E-state index contributed by atoms with van der Waals surface area (Å²) in [7, 11) is 1.31. The van der Waals surface area contributed by atoms with Gasteiger partial charge in [-0.05, 0) is 24.6 Å². The molecule has 25 heavy (non-hydrogen) atoms. The molecular weight excluding hydrogens is 320 g/mol. The summed E-state index contributed by atoms with van der Waals surface area (Å²) in [5.41, 5.74) is 1.57. The van der Waals surface area contributed by atoms with Crippen LogP contribution in [0.1, 0.15) is 25.3 Å². The van der Waals surface area contributed by atoms with Crippen LogP contribution in [0, 0.1) is 0 Å². The number of fused-ring (bicyclic) bond motifs is 1. The van der Waals surface area contributed by atoms with Crippen LogP contribution in [0.15, 0.2) is 36.4 Å². The fourth-order valence-electron chi connectivity index (χ4n) is 2.16. The Morgan fingerprint density at radius 2 is 2.08 bits per heavy atom. The molecule has 0 saturated heterocycles. The van der Waals surface area contributed by atoms with Gasteiger partial charge >= 0.3 is 5.97 Å². The summed E-state index contributed by atoms with van der Waals surface area (Å²) in [5, 5.41) is 3.60. The molecule has 0 fully saturated rings. The molecule has 0 unspecified atom stereocenters. The van der Waals surface area contributed by atoms with Crippen LogP contribution in [0.2, 0.25) is 0 Å². The monoisotopic (exact) mass is 342 g/mol. The molecule has 1 N–H and O–H groups in total. The van der Waals surface area contributed by atoms with Gasteiger partial charge in [0, 0.05) is 23.6 Å². The first kappa shape index (κ1) is 18.4. The molecule has 0 aliphatic heterocycles. The average Bonchev–Trinajstić information content (AvgIpc) is 2.64. The highest BCUT2D eigenvalue weighted by atomic mass is 16.5. The first-order chi connectivity index (χ1) is 12.1.